The third kappa shape index (κ3) is 3.25. The van der Waals surface area contributed by atoms with Gasteiger partial charge < -0.3 is 0 Å². The van der Waals surface area contributed by atoms with Gasteiger partial charge in [0.1, 0.15) is 0 Å². The smallest absolute Gasteiger partial charge is 0.000765 e. The van der Waals surface area contributed by atoms with Crippen LogP contribution in [0.1, 0.15) is 5.56 Å². The van der Waals surface area contributed by atoms with Crippen LogP contribution in [0.2, 0.25) is 0 Å². The summed E-state index contributed by atoms with van der Waals surface area (Å²) in [6, 6.07) is 37.3. The SMILES string of the molecule is c1ccc(P(Cc2ccc3ccccc3c2)c2ccccc2)cc1. The highest BCUT2D eigenvalue weighted by Crippen LogP contribution is 2.38. The zero-order valence-corrected chi connectivity index (χ0v) is 14.4. The first-order valence-corrected chi connectivity index (χ1v) is 9.78. The number of hydrogen-bond acceptors (Lipinski definition) is 0. The normalized spacial score (nSPS) is 11.0. The Morgan fingerprint density at radius 1 is 0.500 bits per heavy atom. The maximum Gasteiger partial charge on any atom is 0.000765 e. The Labute approximate surface area is 144 Å². The molecule has 0 aliphatic carbocycles. The van der Waals surface area contributed by atoms with Crippen LogP contribution in [0.3, 0.4) is 0 Å². The zero-order chi connectivity index (χ0) is 16.2. The fraction of sp³-hybridized carbons (Fsp3) is 0.0435. The number of rotatable bonds is 4. The maximum absolute atomic E-state index is 2.34. The lowest BCUT2D eigenvalue weighted by atomic mass is 10.1. The Hall–Kier alpha value is -2.43. The highest BCUT2D eigenvalue weighted by molar-refractivity contribution is 7.72. The minimum absolute atomic E-state index is 0.383. The molecule has 0 radical (unpaired) electrons. The van der Waals surface area contributed by atoms with Gasteiger partial charge in [0.15, 0.2) is 0 Å². The molecule has 0 bridgehead atoms. The third-order valence-corrected chi connectivity index (χ3v) is 6.81. The molecule has 24 heavy (non-hydrogen) atoms. The largest absolute Gasteiger partial charge is 0.0622 e. The fourth-order valence-corrected chi connectivity index (χ4v) is 5.36. The highest BCUT2D eigenvalue weighted by atomic mass is 31.1. The highest BCUT2D eigenvalue weighted by Gasteiger charge is 2.14. The molecule has 0 saturated carbocycles. The van der Waals surface area contributed by atoms with E-state index in [1.165, 1.54) is 26.9 Å². The summed E-state index contributed by atoms with van der Waals surface area (Å²) in [6.07, 6.45) is 1.08. The van der Waals surface area contributed by atoms with Crippen LogP contribution in [0.5, 0.6) is 0 Å². The third-order valence-electron chi connectivity index (χ3n) is 4.29. The summed E-state index contributed by atoms with van der Waals surface area (Å²) in [5, 5.41) is 5.51. The van der Waals surface area contributed by atoms with Gasteiger partial charge in [-0.1, -0.05) is 103 Å². The first-order chi connectivity index (χ1) is 11.9. The molecule has 0 saturated heterocycles. The summed E-state index contributed by atoms with van der Waals surface area (Å²) >= 11 is 0. The van der Waals surface area contributed by atoms with Crippen molar-refractivity contribution in [2.75, 3.05) is 0 Å². The number of benzene rings is 4. The monoisotopic (exact) mass is 326 g/mol. The lowest BCUT2D eigenvalue weighted by Crippen LogP contribution is -2.12. The first kappa shape index (κ1) is 15.1. The number of hydrogen-bond donors (Lipinski definition) is 0. The Morgan fingerprint density at radius 3 is 1.67 bits per heavy atom. The molecule has 0 nitrogen and oxygen atoms in total. The van der Waals surface area contributed by atoms with Crippen molar-refractivity contribution in [2.45, 2.75) is 6.16 Å². The Bertz CT molecular complexity index is 890. The minimum Gasteiger partial charge on any atom is -0.0622 e. The molecular formula is C23H19P. The van der Waals surface area contributed by atoms with Gasteiger partial charge in [0, 0.05) is 6.16 Å². The van der Waals surface area contributed by atoms with Gasteiger partial charge in [0.25, 0.3) is 0 Å². The lowest BCUT2D eigenvalue weighted by Gasteiger charge is -2.19. The van der Waals surface area contributed by atoms with Gasteiger partial charge in [0.05, 0.1) is 0 Å². The van der Waals surface area contributed by atoms with E-state index >= 15 is 0 Å². The van der Waals surface area contributed by atoms with Crippen molar-refractivity contribution in [1.82, 2.24) is 0 Å². The van der Waals surface area contributed by atoms with Crippen LogP contribution in [0.15, 0.2) is 103 Å². The van der Waals surface area contributed by atoms with Crippen LogP contribution >= 0.6 is 7.92 Å². The van der Waals surface area contributed by atoms with E-state index in [1.54, 1.807) is 0 Å². The maximum atomic E-state index is 2.34. The molecule has 0 heterocycles. The van der Waals surface area contributed by atoms with E-state index in [4.69, 9.17) is 0 Å². The van der Waals surface area contributed by atoms with Crippen molar-refractivity contribution in [1.29, 1.82) is 0 Å². The summed E-state index contributed by atoms with van der Waals surface area (Å²) in [5.41, 5.74) is 1.41. The predicted octanol–water partition coefficient (Wildman–Crippen LogP) is 5.47. The van der Waals surface area contributed by atoms with E-state index in [-0.39, 0.29) is 7.92 Å². The molecular weight excluding hydrogens is 307 g/mol. The standard InChI is InChI=1S/C23H19P/c1-3-11-22(12-4-1)24(23-13-5-2-6-14-23)18-19-15-16-20-9-7-8-10-21(20)17-19/h1-17H,18H2. The summed E-state index contributed by atoms with van der Waals surface area (Å²) in [6.45, 7) is 0. The van der Waals surface area contributed by atoms with Crippen molar-refractivity contribution in [3.05, 3.63) is 109 Å². The molecule has 0 N–H and O–H groups in total. The second kappa shape index (κ2) is 6.99. The minimum atomic E-state index is -0.383. The average Bonchev–Trinajstić information content (AvgIpc) is 2.67. The van der Waals surface area contributed by atoms with Crippen LogP contribution < -0.4 is 10.6 Å². The Morgan fingerprint density at radius 2 is 1.04 bits per heavy atom. The second-order valence-electron chi connectivity index (χ2n) is 5.94. The van der Waals surface area contributed by atoms with Crippen LogP contribution in [0.4, 0.5) is 0 Å². The molecule has 0 unspecified atom stereocenters. The fourth-order valence-electron chi connectivity index (χ4n) is 3.07. The summed E-state index contributed by atoms with van der Waals surface area (Å²) in [4.78, 5) is 0. The molecule has 0 amide bonds. The summed E-state index contributed by atoms with van der Waals surface area (Å²) in [5.74, 6) is 0. The Balaban J connectivity index is 1.73. The molecule has 0 spiro atoms. The van der Waals surface area contributed by atoms with E-state index < -0.39 is 0 Å². The second-order valence-corrected chi connectivity index (χ2v) is 8.14. The van der Waals surface area contributed by atoms with Crippen LogP contribution in [-0.2, 0) is 6.16 Å². The molecule has 0 aliphatic heterocycles. The molecule has 0 atom stereocenters. The topological polar surface area (TPSA) is 0 Å². The molecule has 0 aliphatic rings. The number of fused-ring (bicyclic) bond motifs is 1. The predicted molar refractivity (Wildman–Crippen MR) is 107 cm³/mol. The molecule has 4 rings (SSSR count). The van der Waals surface area contributed by atoms with Crippen LogP contribution in [0.25, 0.3) is 10.8 Å². The summed E-state index contributed by atoms with van der Waals surface area (Å²) in [7, 11) is -0.383. The van der Waals surface area contributed by atoms with Gasteiger partial charge >= 0.3 is 0 Å². The first-order valence-electron chi connectivity index (χ1n) is 8.25. The molecule has 4 aromatic rings. The Kier molecular flexibility index (Phi) is 4.40. The quantitative estimate of drug-likeness (QED) is 0.436. The van der Waals surface area contributed by atoms with E-state index in [2.05, 4.69) is 103 Å². The molecule has 0 aromatic heterocycles. The van der Waals surface area contributed by atoms with E-state index in [0.29, 0.717) is 0 Å². The molecule has 116 valence electrons. The van der Waals surface area contributed by atoms with Crippen LogP contribution in [0, 0.1) is 0 Å². The van der Waals surface area contributed by atoms with Gasteiger partial charge in [-0.05, 0) is 34.9 Å². The van der Waals surface area contributed by atoms with Gasteiger partial charge in [-0.25, -0.2) is 0 Å². The molecule has 1 heteroatoms. The average molecular weight is 326 g/mol. The van der Waals surface area contributed by atoms with E-state index in [1.807, 2.05) is 0 Å². The van der Waals surface area contributed by atoms with Crippen molar-refractivity contribution in [3.8, 4) is 0 Å². The lowest BCUT2D eigenvalue weighted by molar-refractivity contribution is 1.42. The molecule has 4 aromatic carbocycles. The van der Waals surface area contributed by atoms with Gasteiger partial charge in [-0.15, -0.1) is 0 Å². The van der Waals surface area contributed by atoms with Gasteiger partial charge in [-0.3, -0.25) is 0 Å². The van der Waals surface area contributed by atoms with Crippen LogP contribution in [-0.4, -0.2) is 0 Å². The van der Waals surface area contributed by atoms with Gasteiger partial charge in [0.2, 0.25) is 0 Å². The molecule has 0 fully saturated rings. The van der Waals surface area contributed by atoms with Crippen molar-refractivity contribution < 1.29 is 0 Å². The van der Waals surface area contributed by atoms with E-state index in [0.717, 1.165) is 6.16 Å². The van der Waals surface area contributed by atoms with Crippen molar-refractivity contribution >= 4 is 29.3 Å². The van der Waals surface area contributed by atoms with Crippen molar-refractivity contribution in [3.63, 3.8) is 0 Å². The zero-order valence-electron chi connectivity index (χ0n) is 13.5. The van der Waals surface area contributed by atoms with E-state index in [9.17, 15) is 0 Å². The van der Waals surface area contributed by atoms with Crippen molar-refractivity contribution in [2.24, 2.45) is 0 Å². The summed E-state index contributed by atoms with van der Waals surface area (Å²) < 4.78 is 0. The van der Waals surface area contributed by atoms with Gasteiger partial charge in [-0.2, -0.15) is 0 Å².